The van der Waals surface area contributed by atoms with Gasteiger partial charge in [-0.05, 0) is 54.3 Å². The van der Waals surface area contributed by atoms with Gasteiger partial charge in [0.2, 0.25) is 0 Å². The van der Waals surface area contributed by atoms with Crippen molar-refractivity contribution in [3.63, 3.8) is 0 Å². The van der Waals surface area contributed by atoms with Crippen LogP contribution in [0.3, 0.4) is 0 Å². The summed E-state index contributed by atoms with van der Waals surface area (Å²) < 4.78 is 10.9. The number of carbonyl (C=O) groups excluding carboxylic acids is 2. The largest absolute Gasteiger partial charge is 0.508 e. The smallest absolute Gasteiger partial charge is 0.412 e. The van der Waals surface area contributed by atoms with E-state index in [0.29, 0.717) is 11.3 Å². The highest BCUT2D eigenvalue weighted by atomic mass is 32.2. The lowest BCUT2D eigenvalue weighted by Crippen LogP contribution is -2.27. The van der Waals surface area contributed by atoms with Gasteiger partial charge in [-0.3, -0.25) is 15.3 Å². The van der Waals surface area contributed by atoms with Gasteiger partial charge in [0.15, 0.2) is 6.10 Å². The first-order chi connectivity index (χ1) is 14.0. The van der Waals surface area contributed by atoms with Crippen LogP contribution in [0.15, 0.2) is 65.6 Å². The zero-order chi connectivity index (χ0) is 21.2. The molecule has 2 rings (SSSR count). The van der Waals surface area contributed by atoms with Gasteiger partial charge in [0.1, 0.15) is 11.9 Å². The summed E-state index contributed by atoms with van der Waals surface area (Å²) in [7, 11) is 1.39. The third-order valence-corrected chi connectivity index (χ3v) is 4.65. The number of hydrogen-bond donors (Lipinski definition) is 4. The second-order valence-corrected chi connectivity index (χ2v) is 6.69. The molecule has 2 aromatic carbocycles. The maximum atomic E-state index is 12.4. The summed E-state index contributed by atoms with van der Waals surface area (Å²) in [5, 5.41) is 20.8. The lowest BCUT2D eigenvalue weighted by molar-refractivity contribution is -0.124. The van der Waals surface area contributed by atoms with Crippen molar-refractivity contribution >= 4 is 29.4 Å². The van der Waals surface area contributed by atoms with Gasteiger partial charge < -0.3 is 14.6 Å². The molecule has 0 saturated heterocycles. The molecule has 0 aliphatic rings. The zero-order valence-electron chi connectivity index (χ0n) is 15.9. The number of hydroxylamine groups is 1. The Bertz CT molecular complexity index is 839. The number of thioether (sulfide) groups is 1. The van der Waals surface area contributed by atoms with Gasteiger partial charge in [-0.15, -0.1) is 11.8 Å². The Morgan fingerprint density at radius 3 is 2.31 bits per heavy atom. The highest BCUT2D eigenvalue weighted by Gasteiger charge is 2.26. The lowest BCUT2D eigenvalue weighted by Gasteiger charge is -2.24. The van der Waals surface area contributed by atoms with E-state index in [1.807, 2.05) is 18.4 Å². The van der Waals surface area contributed by atoms with Crippen molar-refractivity contribution in [3.05, 3.63) is 66.2 Å². The van der Waals surface area contributed by atoms with Crippen molar-refractivity contribution < 1.29 is 29.4 Å². The number of carbonyl (C=O) groups is 2. The van der Waals surface area contributed by atoms with Gasteiger partial charge in [-0.25, -0.2) is 10.3 Å². The van der Waals surface area contributed by atoms with E-state index < -0.39 is 24.2 Å². The molecule has 8 nitrogen and oxygen atoms in total. The van der Waals surface area contributed by atoms with E-state index in [1.54, 1.807) is 36.0 Å². The van der Waals surface area contributed by atoms with Crippen LogP contribution in [-0.4, -0.2) is 41.8 Å². The van der Waals surface area contributed by atoms with Crippen LogP contribution < -0.4 is 10.8 Å². The minimum Gasteiger partial charge on any atom is -0.508 e. The SMILES string of the molecule is CO[C@H](/C=C/C(=O)NO)[C@H](OC(=O)Nc1ccc(SC)cc1)c1ccc(O)cc1. The van der Waals surface area contributed by atoms with Crippen LogP contribution in [0.4, 0.5) is 10.5 Å². The van der Waals surface area contributed by atoms with Crippen LogP contribution in [-0.2, 0) is 14.3 Å². The highest BCUT2D eigenvalue weighted by Crippen LogP contribution is 2.27. The second kappa shape index (κ2) is 11.1. The maximum absolute atomic E-state index is 12.4. The van der Waals surface area contributed by atoms with Gasteiger partial charge in [0.25, 0.3) is 5.91 Å². The second-order valence-electron chi connectivity index (χ2n) is 5.81. The molecule has 0 radical (unpaired) electrons. The van der Waals surface area contributed by atoms with Crippen LogP contribution in [0.25, 0.3) is 0 Å². The fourth-order valence-corrected chi connectivity index (χ4v) is 2.86. The van der Waals surface area contributed by atoms with E-state index in [4.69, 9.17) is 14.7 Å². The van der Waals surface area contributed by atoms with Crippen LogP contribution in [0.2, 0.25) is 0 Å². The highest BCUT2D eigenvalue weighted by molar-refractivity contribution is 7.98. The van der Waals surface area contributed by atoms with Crippen LogP contribution in [0, 0.1) is 0 Å². The minimum absolute atomic E-state index is 0.0509. The van der Waals surface area contributed by atoms with Gasteiger partial charge in [-0.1, -0.05) is 12.1 Å². The van der Waals surface area contributed by atoms with Gasteiger partial charge in [0.05, 0.1) is 0 Å². The molecule has 0 spiro atoms. The first-order valence-electron chi connectivity index (χ1n) is 8.52. The lowest BCUT2D eigenvalue weighted by atomic mass is 10.0. The van der Waals surface area contributed by atoms with Crippen molar-refractivity contribution in [2.45, 2.75) is 17.1 Å². The molecule has 0 aromatic heterocycles. The number of methoxy groups -OCH3 is 1. The molecule has 2 atom stereocenters. The summed E-state index contributed by atoms with van der Waals surface area (Å²) in [5.74, 6) is -0.704. The van der Waals surface area contributed by atoms with Crippen LogP contribution in [0.5, 0.6) is 5.75 Å². The Kier molecular flexibility index (Phi) is 8.53. The summed E-state index contributed by atoms with van der Waals surface area (Å²) in [6.07, 6.45) is 1.89. The molecular formula is C20H22N2O6S. The molecule has 154 valence electrons. The van der Waals surface area contributed by atoms with Crippen molar-refractivity contribution in [1.29, 1.82) is 0 Å². The van der Waals surface area contributed by atoms with Crippen molar-refractivity contribution in [1.82, 2.24) is 5.48 Å². The number of phenolic OH excluding ortho intramolecular Hbond substituents is 1. The Hall–Kier alpha value is -3.01. The van der Waals surface area contributed by atoms with Crippen LogP contribution in [0.1, 0.15) is 11.7 Å². The number of hydrogen-bond acceptors (Lipinski definition) is 7. The number of anilines is 1. The summed E-state index contributed by atoms with van der Waals surface area (Å²) >= 11 is 1.58. The predicted molar refractivity (Wildman–Crippen MR) is 109 cm³/mol. The van der Waals surface area contributed by atoms with E-state index in [0.717, 1.165) is 11.0 Å². The number of rotatable bonds is 8. The molecule has 0 bridgehead atoms. The molecule has 4 N–H and O–H groups in total. The number of ether oxygens (including phenoxy) is 2. The molecule has 0 saturated carbocycles. The molecule has 2 aromatic rings. The first kappa shape index (κ1) is 22.3. The number of aromatic hydroxyl groups is 1. The molecule has 2 amide bonds. The number of nitrogens with one attached hydrogen (secondary N) is 2. The summed E-state index contributed by atoms with van der Waals surface area (Å²) in [4.78, 5) is 24.8. The third-order valence-electron chi connectivity index (χ3n) is 3.91. The standard InChI is InChI=1S/C20H22N2O6S/c1-27-17(11-12-18(24)22-26)19(13-3-7-15(23)8-4-13)28-20(25)21-14-5-9-16(29-2)10-6-14/h3-12,17,19,23,26H,1-2H3,(H,21,25)(H,22,24)/b12-11+/t17-,19-/m1/s1. The van der Waals surface area contributed by atoms with E-state index in [1.165, 1.54) is 30.8 Å². The van der Waals surface area contributed by atoms with E-state index in [-0.39, 0.29) is 5.75 Å². The molecule has 9 heteroatoms. The quantitative estimate of drug-likeness (QED) is 0.224. The molecule has 0 aliphatic carbocycles. The Balaban J connectivity index is 2.21. The number of benzene rings is 2. The Morgan fingerprint density at radius 2 is 1.76 bits per heavy atom. The summed E-state index contributed by atoms with van der Waals surface area (Å²) in [5.41, 5.74) is 2.57. The van der Waals surface area contributed by atoms with E-state index >= 15 is 0 Å². The summed E-state index contributed by atoms with van der Waals surface area (Å²) in [6, 6.07) is 13.3. The first-order valence-corrected chi connectivity index (χ1v) is 9.75. The number of amides is 2. The topological polar surface area (TPSA) is 117 Å². The molecule has 0 aliphatic heterocycles. The Labute approximate surface area is 172 Å². The fourth-order valence-electron chi connectivity index (χ4n) is 2.45. The molecule has 0 unspecified atom stereocenters. The molecule has 0 fully saturated rings. The van der Waals surface area contributed by atoms with Gasteiger partial charge in [0, 0.05) is 23.8 Å². The van der Waals surface area contributed by atoms with Crippen molar-refractivity contribution in [2.75, 3.05) is 18.7 Å². The number of phenols is 1. The predicted octanol–water partition coefficient (Wildman–Crippen LogP) is 3.48. The molecule has 29 heavy (non-hydrogen) atoms. The Morgan fingerprint density at radius 1 is 1.10 bits per heavy atom. The normalized spacial score (nSPS) is 12.9. The molecule has 0 heterocycles. The molecular weight excluding hydrogens is 396 g/mol. The van der Waals surface area contributed by atoms with Crippen LogP contribution >= 0.6 is 11.8 Å². The fraction of sp³-hybridized carbons (Fsp3) is 0.200. The van der Waals surface area contributed by atoms with Crippen molar-refractivity contribution in [3.8, 4) is 5.75 Å². The average molecular weight is 418 g/mol. The third kappa shape index (κ3) is 6.83. The maximum Gasteiger partial charge on any atom is 0.412 e. The van der Waals surface area contributed by atoms with E-state index in [9.17, 15) is 14.7 Å². The average Bonchev–Trinajstić information content (AvgIpc) is 2.74. The van der Waals surface area contributed by atoms with Gasteiger partial charge in [-0.2, -0.15) is 0 Å². The van der Waals surface area contributed by atoms with Gasteiger partial charge >= 0.3 is 6.09 Å². The van der Waals surface area contributed by atoms with E-state index in [2.05, 4.69) is 5.32 Å². The van der Waals surface area contributed by atoms with Crippen molar-refractivity contribution in [2.24, 2.45) is 0 Å². The summed E-state index contributed by atoms with van der Waals surface area (Å²) in [6.45, 7) is 0. The minimum atomic E-state index is -0.922. The monoisotopic (exact) mass is 418 g/mol. The zero-order valence-corrected chi connectivity index (χ0v) is 16.7.